The van der Waals surface area contributed by atoms with Crippen LogP contribution in [0.4, 0.5) is 25.0 Å². The lowest BCUT2D eigenvalue weighted by atomic mass is 9.96. The van der Waals surface area contributed by atoms with Gasteiger partial charge in [-0.25, -0.2) is 13.6 Å². The Balaban J connectivity index is 1.52. The number of rotatable bonds is 2. The van der Waals surface area contributed by atoms with Crippen LogP contribution >= 0.6 is 11.6 Å². The number of β-amino-alcohol motifs (C(OH)–C–C–N with tert-alkyl or cyclic N) is 1. The first-order valence-corrected chi connectivity index (χ1v) is 10.2. The first-order chi connectivity index (χ1) is 15.3. The van der Waals surface area contributed by atoms with Gasteiger partial charge in [-0.15, -0.1) is 0 Å². The summed E-state index contributed by atoms with van der Waals surface area (Å²) in [6.45, 7) is -0.118. The lowest BCUT2D eigenvalue weighted by molar-refractivity contribution is 0.0960. The summed E-state index contributed by atoms with van der Waals surface area (Å²) in [5.74, 6) is -1.50. The van der Waals surface area contributed by atoms with Crippen LogP contribution in [0.2, 0.25) is 5.02 Å². The van der Waals surface area contributed by atoms with Crippen LogP contribution < -0.4 is 15.5 Å². The van der Waals surface area contributed by atoms with Crippen LogP contribution in [0.3, 0.4) is 0 Å². The smallest absolute Gasteiger partial charge is 0.326 e. The molecule has 0 radical (unpaired) electrons. The summed E-state index contributed by atoms with van der Waals surface area (Å²) in [5, 5.41) is 16.0. The van der Waals surface area contributed by atoms with Crippen LogP contribution in [0.1, 0.15) is 39.2 Å². The molecule has 32 heavy (non-hydrogen) atoms. The van der Waals surface area contributed by atoms with Gasteiger partial charge >= 0.3 is 6.03 Å². The Morgan fingerprint density at radius 1 is 1.12 bits per heavy atom. The molecule has 3 amide bonds. The normalized spacial score (nSPS) is 18.9. The summed E-state index contributed by atoms with van der Waals surface area (Å²) >= 11 is 6.26. The van der Waals surface area contributed by atoms with Crippen molar-refractivity contribution in [3.63, 3.8) is 0 Å². The Bertz CT molecular complexity index is 1280. The number of nitrogens with one attached hydrogen (secondary N) is 2. The number of hydrogen-bond donors (Lipinski definition) is 3. The number of halogens is 3. The largest absolute Gasteiger partial charge is 0.386 e. The second-order valence-corrected chi connectivity index (χ2v) is 7.98. The standard InChI is InChI=1S/C23H16ClF2N3O3/c24-14-8-7-11(25)9-13(14)21-19-12(22(31)28-21)3-1-5-16(19)27-23(32)29-10-18(30)20-15(26)4-2-6-17(20)29/h1-9,18,21,30H,10H2,(H,27,32)(H,28,31)/t18-,21+/m1/s1. The molecule has 0 bridgehead atoms. The predicted octanol–water partition coefficient (Wildman–Crippen LogP) is 4.54. The lowest BCUT2D eigenvalue weighted by Gasteiger charge is -2.21. The van der Waals surface area contributed by atoms with Crippen molar-refractivity contribution in [2.24, 2.45) is 0 Å². The summed E-state index contributed by atoms with van der Waals surface area (Å²) in [6, 6.07) is 11.5. The van der Waals surface area contributed by atoms with Gasteiger partial charge in [0.1, 0.15) is 17.7 Å². The SMILES string of the molecule is O=C1N[C@@H](c2cc(F)ccc2Cl)c2c(NC(=O)N3C[C@@H](O)c4c(F)cccc43)cccc21. The van der Waals surface area contributed by atoms with Crippen molar-refractivity contribution in [2.75, 3.05) is 16.8 Å². The number of nitrogens with zero attached hydrogens (tertiary/aromatic N) is 1. The van der Waals surface area contributed by atoms with Gasteiger partial charge in [0.25, 0.3) is 5.91 Å². The van der Waals surface area contributed by atoms with Crippen molar-refractivity contribution in [3.8, 4) is 0 Å². The third kappa shape index (κ3) is 3.19. The third-order valence-electron chi connectivity index (χ3n) is 5.68. The molecule has 0 aromatic heterocycles. The third-order valence-corrected chi connectivity index (χ3v) is 6.02. The van der Waals surface area contributed by atoms with E-state index in [1.807, 2.05) is 0 Å². The molecule has 162 valence electrons. The van der Waals surface area contributed by atoms with Crippen molar-refractivity contribution < 1.29 is 23.5 Å². The molecule has 3 N–H and O–H groups in total. The van der Waals surface area contributed by atoms with Gasteiger partial charge in [0.05, 0.1) is 18.3 Å². The van der Waals surface area contributed by atoms with E-state index in [0.29, 0.717) is 22.4 Å². The van der Waals surface area contributed by atoms with Crippen LogP contribution in [0.5, 0.6) is 0 Å². The number of carbonyl (C=O) groups excluding carboxylic acids is 2. The van der Waals surface area contributed by atoms with E-state index in [1.54, 1.807) is 24.3 Å². The van der Waals surface area contributed by atoms with Crippen molar-refractivity contribution in [3.05, 3.63) is 93.5 Å². The highest BCUT2D eigenvalue weighted by atomic mass is 35.5. The fourth-order valence-electron chi connectivity index (χ4n) is 4.26. The summed E-state index contributed by atoms with van der Waals surface area (Å²) < 4.78 is 28.0. The fraction of sp³-hybridized carbons (Fsp3) is 0.130. The zero-order valence-corrected chi connectivity index (χ0v) is 17.2. The number of anilines is 2. The van der Waals surface area contributed by atoms with Gasteiger partial charge in [-0.05, 0) is 42.5 Å². The molecule has 2 heterocycles. The van der Waals surface area contributed by atoms with E-state index in [1.165, 1.54) is 35.2 Å². The molecule has 0 saturated heterocycles. The van der Waals surface area contributed by atoms with Gasteiger partial charge in [0.15, 0.2) is 0 Å². The minimum absolute atomic E-state index is 0.0576. The number of hydrogen-bond acceptors (Lipinski definition) is 3. The average Bonchev–Trinajstić information content (AvgIpc) is 3.29. The van der Waals surface area contributed by atoms with Gasteiger partial charge in [0.2, 0.25) is 0 Å². The zero-order valence-electron chi connectivity index (χ0n) is 16.4. The number of amides is 3. The number of carbonyl (C=O) groups is 2. The summed E-state index contributed by atoms with van der Waals surface area (Å²) in [7, 11) is 0. The number of fused-ring (bicyclic) bond motifs is 2. The maximum atomic E-state index is 14.1. The van der Waals surface area contributed by atoms with E-state index in [4.69, 9.17) is 11.6 Å². The van der Waals surface area contributed by atoms with Crippen LogP contribution in [-0.4, -0.2) is 23.6 Å². The van der Waals surface area contributed by atoms with Crippen LogP contribution in [0, 0.1) is 11.6 Å². The molecule has 9 heteroatoms. The molecule has 2 aliphatic rings. The van der Waals surface area contributed by atoms with E-state index < -0.39 is 29.8 Å². The summed E-state index contributed by atoms with van der Waals surface area (Å²) in [4.78, 5) is 26.8. The van der Waals surface area contributed by atoms with E-state index in [-0.39, 0.29) is 28.7 Å². The minimum atomic E-state index is -1.15. The monoisotopic (exact) mass is 455 g/mol. The van der Waals surface area contributed by atoms with Crippen LogP contribution in [0.15, 0.2) is 54.6 Å². The first kappa shape index (κ1) is 20.4. The molecule has 5 rings (SSSR count). The van der Waals surface area contributed by atoms with E-state index in [0.717, 1.165) is 0 Å². The molecule has 2 atom stereocenters. The molecule has 0 spiro atoms. The van der Waals surface area contributed by atoms with Gasteiger partial charge < -0.3 is 15.7 Å². The van der Waals surface area contributed by atoms with E-state index in [9.17, 15) is 23.5 Å². The molecule has 0 fully saturated rings. The van der Waals surface area contributed by atoms with Crippen LogP contribution in [0.25, 0.3) is 0 Å². The lowest BCUT2D eigenvalue weighted by Crippen LogP contribution is -2.34. The Morgan fingerprint density at radius 3 is 2.72 bits per heavy atom. The Labute approximate surface area is 186 Å². The first-order valence-electron chi connectivity index (χ1n) is 9.79. The number of aliphatic hydroxyl groups excluding tert-OH is 1. The van der Waals surface area contributed by atoms with Crippen LogP contribution in [-0.2, 0) is 0 Å². The highest BCUT2D eigenvalue weighted by Crippen LogP contribution is 2.40. The van der Waals surface area contributed by atoms with E-state index >= 15 is 0 Å². The number of urea groups is 1. The Hall–Kier alpha value is -3.49. The molecule has 2 aliphatic heterocycles. The van der Waals surface area contributed by atoms with Crippen molar-refractivity contribution in [1.29, 1.82) is 0 Å². The average molecular weight is 456 g/mol. The maximum Gasteiger partial charge on any atom is 0.326 e. The van der Waals surface area contributed by atoms with Gasteiger partial charge in [-0.2, -0.15) is 0 Å². The molecule has 3 aromatic rings. The molecular weight excluding hydrogens is 440 g/mol. The van der Waals surface area contributed by atoms with Gasteiger partial charge in [-0.1, -0.05) is 23.7 Å². The van der Waals surface area contributed by atoms with Crippen molar-refractivity contribution in [1.82, 2.24) is 5.32 Å². The molecule has 3 aromatic carbocycles. The van der Waals surface area contributed by atoms with Crippen molar-refractivity contribution >= 4 is 34.9 Å². The van der Waals surface area contributed by atoms with Gasteiger partial charge in [-0.3, -0.25) is 9.69 Å². The van der Waals surface area contributed by atoms with Gasteiger partial charge in [0, 0.05) is 33.0 Å². The molecule has 0 saturated carbocycles. The zero-order chi connectivity index (χ0) is 22.6. The topological polar surface area (TPSA) is 81.7 Å². The molecule has 6 nitrogen and oxygen atoms in total. The minimum Gasteiger partial charge on any atom is -0.386 e. The fourth-order valence-corrected chi connectivity index (χ4v) is 4.49. The predicted molar refractivity (Wildman–Crippen MR) is 115 cm³/mol. The number of benzene rings is 3. The summed E-state index contributed by atoms with van der Waals surface area (Å²) in [6.07, 6.45) is -1.15. The Kier molecular flexibility index (Phi) is 4.83. The number of aliphatic hydroxyl groups is 1. The van der Waals surface area contributed by atoms with Crippen molar-refractivity contribution in [2.45, 2.75) is 12.1 Å². The Morgan fingerprint density at radius 2 is 1.91 bits per heavy atom. The van der Waals surface area contributed by atoms with E-state index in [2.05, 4.69) is 10.6 Å². The second kappa shape index (κ2) is 7.58. The molecule has 0 unspecified atom stereocenters. The molecular formula is C23H16ClF2N3O3. The maximum absolute atomic E-state index is 14.1. The highest BCUT2D eigenvalue weighted by molar-refractivity contribution is 6.31. The molecule has 0 aliphatic carbocycles. The quantitative estimate of drug-likeness (QED) is 0.530. The second-order valence-electron chi connectivity index (χ2n) is 7.57. The highest BCUT2D eigenvalue weighted by Gasteiger charge is 2.36. The summed E-state index contributed by atoms with van der Waals surface area (Å²) in [5.41, 5.74) is 1.75.